The summed E-state index contributed by atoms with van der Waals surface area (Å²) in [5.41, 5.74) is 0.626. The number of ketones is 1. The molecule has 0 radical (unpaired) electrons. The highest BCUT2D eigenvalue weighted by Gasteiger charge is 2.17. The van der Waals surface area contributed by atoms with Crippen LogP contribution < -0.4 is 4.74 Å². The second-order valence-electron chi connectivity index (χ2n) is 4.64. The normalized spacial score (nSPS) is 15.4. The maximum atomic E-state index is 11.2. The summed E-state index contributed by atoms with van der Waals surface area (Å²) < 4.78 is 5.63. The van der Waals surface area contributed by atoms with Gasteiger partial charge in [-0.3, -0.25) is 4.79 Å². The van der Waals surface area contributed by atoms with Gasteiger partial charge in [0.1, 0.15) is 5.75 Å². The van der Waals surface area contributed by atoms with E-state index in [0.717, 1.165) is 12.3 Å². The molecule has 1 aliphatic carbocycles. The van der Waals surface area contributed by atoms with E-state index in [1.54, 1.807) is 18.2 Å². The zero-order valence-corrected chi connectivity index (χ0v) is 10.8. The van der Waals surface area contributed by atoms with Crippen LogP contribution in [-0.4, -0.2) is 12.4 Å². The SMILES string of the molecule is CC(=O)c1ccc(OCCC2CCC2)c(Cl)c1. The van der Waals surface area contributed by atoms with E-state index in [-0.39, 0.29) is 5.78 Å². The van der Waals surface area contributed by atoms with E-state index in [0.29, 0.717) is 22.9 Å². The Morgan fingerprint density at radius 2 is 2.24 bits per heavy atom. The van der Waals surface area contributed by atoms with Gasteiger partial charge in [-0.25, -0.2) is 0 Å². The molecule has 1 aliphatic rings. The van der Waals surface area contributed by atoms with Crippen molar-refractivity contribution < 1.29 is 9.53 Å². The van der Waals surface area contributed by atoms with Crippen LogP contribution in [0.5, 0.6) is 5.75 Å². The maximum Gasteiger partial charge on any atom is 0.159 e. The van der Waals surface area contributed by atoms with Crippen molar-refractivity contribution >= 4 is 17.4 Å². The summed E-state index contributed by atoms with van der Waals surface area (Å²) in [6.45, 7) is 2.24. The lowest BCUT2D eigenvalue weighted by Crippen LogP contribution is -2.14. The van der Waals surface area contributed by atoms with E-state index in [1.165, 1.54) is 26.2 Å². The Morgan fingerprint density at radius 1 is 1.47 bits per heavy atom. The van der Waals surface area contributed by atoms with Crippen molar-refractivity contribution in [2.24, 2.45) is 5.92 Å². The first kappa shape index (κ1) is 12.4. The summed E-state index contributed by atoms with van der Waals surface area (Å²) in [6, 6.07) is 5.20. The average molecular weight is 253 g/mol. The molecule has 3 heteroatoms. The van der Waals surface area contributed by atoms with Gasteiger partial charge in [-0.05, 0) is 37.5 Å². The van der Waals surface area contributed by atoms with Crippen LogP contribution >= 0.6 is 11.6 Å². The van der Waals surface area contributed by atoms with Gasteiger partial charge >= 0.3 is 0 Å². The van der Waals surface area contributed by atoms with Crippen molar-refractivity contribution in [1.29, 1.82) is 0 Å². The molecule has 17 heavy (non-hydrogen) atoms. The fourth-order valence-electron chi connectivity index (χ4n) is 1.95. The number of halogens is 1. The van der Waals surface area contributed by atoms with Gasteiger partial charge in [0.15, 0.2) is 5.78 Å². The third-order valence-electron chi connectivity index (χ3n) is 3.35. The van der Waals surface area contributed by atoms with Crippen LogP contribution in [0.3, 0.4) is 0 Å². The highest BCUT2D eigenvalue weighted by molar-refractivity contribution is 6.32. The number of benzene rings is 1. The third-order valence-corrected chi connectivity index (χ3v) is 3.64. The monoisotopic (exact) mass is 252 g/mol. The molecule has 2 rings (SSSR count). The predicted molar refractivity (Wildman–Crippen MR) is 68.9 cm³/mol. The minimum atomic E-state index is 0.0212. The second-order valence-corrected chi connectivity index (χ2v) is 5.04. The number of hydrogen-bond donors (Lipinski definition) is 0. The van der Waals surface area contributed by atoms with Crippen LogP contribution in [0, 0.1) is 5.92 Å². The van der Waals surface area contributed by atoms with Crippen molar-refractivity contribution in [3.63, 3.8) is 0 Å². The predicted octanol–water partition coefficient (Wildman–Crippen LogP) is 4.11. The molecule has 0 bridgehead atoms. The summed E-state index contributed by atoms with van der Waals surface area (Å²) in [4.78, 5) is 11.2. The molecular weight excluding hydrogens is 236 g/mol. The third kappa shape index (κ3) is 3.22. The Bertz CT molecular complexity index is 411. The fraction of sp³-hybridized carbons (Fsp3) is 0.500. The van der Waals surface area contributed by atoms with E-state index in [2.05, 4.69) is 0 Å². The van der Waals surface area contributed by atoms with Gasteiger partial charge in [-0.1, -0.05) is 30.9 Å². The van der Waals surface area contributed by atoms with Crippen LogP contribution in [0.1, 0.15) is 43.0 Å². The molecule has 0 unspecified atom stereocenters. The van der Waals surface area contributed by atoms with Crippen LogP contribution in [0.15, 0.2) is 18.2 Å². The van der Waals surface area contributed by atoms with Crippen molar-refractivity contribution in [3.8, 4) is 5.75 Å². The van der Waals surface area contributed by atoms with Crippen LogP contribution in [0.4, 0.5) is 0 Å². The zero-order chi connectivity index (χ0) is 12.3. The minimum Gasteiger partial charge on any atom is -0.492 e. The smallest absolute Gasteiger partial charge is 0.159 e. The van der Waals surface area contributed by atoms with E-state index in [4.69, 9.17) is 16.3 Å². The number of Topliss-reactive ketones (excluding diaryl/α,β-unsaturated/α-hetero) is 1. The molecule has 92 valence electrons. The Labute approximate surface area is 107 Å². The number of rotatable bonds is 5. The van der Waals surface area contributed by atoms with E-state index in [1.807, 2.05) is 0 Å². The van der Waals surface area contributed by atoms with E-state index < -0.39 is 0 Å². The Balaban J connectivity index is 1.89. The van der Waals surface area contributed by atoms with Crippen LogP contribution in [0.25, 0.3) is 0 Å². The molecule has 0 amide bonds. The van der Waals surface area contributed by atoms with Crippen LogP contribution in [0.2, 0.25) is 5.02 Å². The first-order valence-corrected chi connectivity index (χ1v) is 6.48. The molecule has 1 saturated carbocycles. The summed E-state index contributed by atoms with van der Waals surface area (Å²) >= 11 is 6.06. The van der Waals surface area contributed by atoms with Crippen molar-refractivity contribution in [1.82, 2.24) is 0 Å². The van der Waals surface area contributed by atoms with Crippen LogP contribution in [-0.2, 0) is 0 Å². The lowest BCUT2D eigenvalue weighted by molar-refractivity contribution is 0.101. The average Bonchev–Trinajstić information content (AvgIpc) is 2.23. The molecular formula is C14H17ClO2. The highest BCUT2D eigenvalue weighted by atomic mass is 35.5. The number of ether oxygens (including phenoxy) is 1. The van der Waals surface area contributed by atoms with Gasteiger partial charge in [0.2, 0.25) is 0 Å². The molecule has 1 aromatic carbocycles. The Kier molecular flexibility index (Phi) is 4.06. The number of carbonyl (C=O) groups excluding carboxylic acids is 1. The fourth-order valence-corrected chi connectivity index (χ4v) is 2.19. The van der Waals surface area contributed by atoms with Crippen molar-refractivity contribution in [2.45, 2.75) is 32.6 Å². The Morgan fingerprint density at radius 3 is 2.76 bits per heavy atom. The van der Waals surface area contributed by atoms with E-state index >= 15 is 0 Å². The molecule has 2 nitrogen and oxygen atoms in total. The first-order chi connectivity index (χ1) is 8.16. The van der Waals surface area contributed by atoms with Gasteiger partial charge in [0.05, 0.1) is 11.6 Å². The molecule has 1 fully saturated rings. The van der Waals surface area contributed by atoms with Gasteiger partial charge in [-0.15, -0.1) is 0 Å². The molecule has 0 heterocycles. The topological polar surface area (TPSA) is 26.3 Å². The standard InChI is InChI=1S/C14H17ClO2/c1-10(16)12-5-6-14(13(15)9-12)17-8-7-11-3-2-4-11/h5-6,9,11H,2-4,7-8H2,1H3. The Hall–Kier alpha value is -1.02. The minimum absolute atomic E-state index is 0.0212. The molecule has 0 spiro atoms. The molecule has 0 atom stereocenters. The molecule has 0 aliphatic heterocycles. The first-order valence-electron chi connectivity index (χ1n) is 6.10. The number of hydrogen-bond acceptors (Lipinski definition) is 2. The summed E-state index contributed by atoms with van der Waals surface area (Å²) in [5, 5.41) is 0.520. The lowest BCUT2D eigenvalue weighted by atomic mass is 9.83. The summed E-state index contributed by atoms with van der Waals surface area (Å²) in [6.07, 6.45) is 5.13. The van der Waals surface area contributed by atoms with Gasteiger partial charge in [0, 0.05) is 5.56 Å². The van der Waals surface area contributed by atoms with E-state index in [9.17, 15) is 4.79 Å². The van der Waals surface area contributed by atoms with Gasteiger partial charge in [-0.2, -0.15) is 0 Å². The molecule has 0 N–H and O–H groups in total. The van der Waals surface area contributed by atoms with Gasteiger partial charge < -0.3 is 4.74 Å². The summed E-state index contributed by atoms with van der Waals surface area (Å²) in [7, 11) is 0. The maximum absolute atomic E-state index is 11.2. The van der Waals surface area contributed by atoms with Crippen molar-refractivity contribution in [3.05, 3.63) is 28.8 Å². The highest BCUT2D eigenvalue weighted by Crippen LogP contribution is 2.30. The zero-order valence-electron chi connectivity index (χ0n) is 10.0. The molecule has 0 aromatic heterocycles. The number of carbonyl (C=O) groups is 1. The largest absolute Gasteiger partial charge is 0.492 e. The molecule has 0 saturated heterocycles. The van der Waals surface area contributed by atoms with Crippen molar-refractivity contribution in [2.75, 3.05) is 6.61 Å². The quantitative estimate of drug-likeness (QED) is 0.737. The summed E-state index contributed by atoms with van der Waals surface area (Å²) in [5.74, 6) is 1.54. The van der Waals surface area contributed by atoms with Gasteiger partial charge in [0.25, 0.3) is 0 Å². The molecule has 1 aromatic rings. The lowest BCUT2D eigenvalue weighted by Gasteiger charge is -2.25. The second kappa shape index (κ2) is 5.54.